The average Bonchev–Trinajstić information content (AvgIpc) is 2.20. The SMILES string of the molecule is NCCCC[C@@H]1CC(=O)C2(CCC2)NC1=O. The van der Waals surface area contributed by atoms with Gasteiger partial charge >= 0.3 is 0 Å². The van der Waals surface area contributed by atoms with Crippen molar-refractivity contribution in [1.29, 1.82) is 0 Å². The zero-order chi connectivity index (χ0) is 11.6. The number of Topliss-reactive ketones (excluding diaryl/α,β-unsaturated/α-hetero) is 1. The maximum atomic E-state index is 11.9. The second-order valence-corrected chi connectivity index (χ2v) is 5.03. The maximum Gasteiger partial charge on any atom is 0.224 e. The minimum absolute atomic E-state index is 0.0799. The van der Waals surface area contributed by atoms with Gasteiger partial charge in [0.15, 0.2) is 5.78 Å². The van der Waals surface area contributed by atoms with Crippen LogP contribution in [0.4, 0.5) is 0 Å². The van der Waals surface area contributed by atoms with E-state index >= 15 is 0 Å². The van der Waals surface area contributed by atoms with E-state index in [1.54, 1.807) is 0 Å². The van der Waals surface area contributed by atoms with Gasteiger partial charge in [0.1, 0.15) is 0 Å². The summed E-state index contributed by atoms with van der Waals surface area (Å²) in [7, 11) is 0. The number of nitrogens with two attached hydrogens (primary N) is 1. The summed E-state index contributed by atoms with van der Waals surface area (Å²) in [5.41, 5.74) is 4.96. The molecule has 0 aromatic heterocycles. The van der Waals surface area contributed by atoms with Crippen molar-refractivity contribution < 1.29 is 9.59 Å². The van der Waals surface area contributed by atoms with Crippen LogP contribution < -0.4 is 11.1 Å². The second-order valence-electron chi connectivity index (χ2n) is 5.03. The monoisotopic (exact) mass is 224 g/mol. The Morgan fingerprint density at radius 3 is 2.62 bits per heavy atom. The molecule has 3 N–H and O–H groups in total. The number of carbonyl (C=O) groups is 2. The highest BCUT2D eigenvalue weighted by Gasteiger charge is 2.49. The third-order valence-electron chi connectivity index (χ3n) is 3.91. The summed E-state index contributed by atoms with van der Waals surface area (Å²) in [6, 6.07) is 0. The zero-order valence-electron chi connectivity index (χ0n) is 9.63. The van der Waals surface area contributed by atoms with Gasteiger partial charge < -0.3 is 11.1 Å². The summed E-state index contributed by atoms with van der Waals surface area (Å²) in [4.78, 5) is 23.8. The van der Waals surface area contributed by atoms with Crippen molar-refractivity contribution in [3.63, 3.8) is 0 Å². The highest BCUT2D eigenvalue weighted by atomic mass is 16.2. The molecule has 4 nitrogen and oxygen atoms in total. The van der Waals surface area contributed by atoms with E-state index in [9.17, 15) is 9.59 Å². The lowest BCUT2D eigenvalue weighted by atomic mass is 9.68. The van der Waals surface area contributed by atoms with Crippen molar-refractivity contribution in [2.75, 3.05) is 6.54 Å². The predicted octanol–water partition coefficient (Wildman–Crippen LogP) is 0.743. The Labute approximate surface area is 96.0 Å². The standard InChI is InChI=1S/C12H20N2O2/c13-7-2-1-4-9-8-10(15)12(5-3-6-12)14-11(9)16/h9H,1-8,13H2,(H,14,16)/t9-/m1/s1. The number of ketones is 1. The minimum atomic E-state index is -0.457. The van der Waals surface area contributed by atoms with Crippen LogP contribution in [-0.2, 0) is 9.59 Å². The van der Waals surface area contributed by atoms with E-state index in [1.807, 2.05) is 0 Å². The summed E-state index contributed by atoms with van der Waals surface area (Å²) in [6.45, 7) is 0.659. The van der Waals surface area contributed by atoms with Crippen molar-refractivity contribution in [2.24, 2.45) is 11.7 Å². The predicted molar refractivity (Wildman–Crippen MR) is 60.7 cm³/mol. The molecule has 1 atom stereocenters. The summed E-state index contributed by atoms with van der Waals surface area (Å²) < 4.78 is 0. The van der Waals surface area contributed by atoms with E-state index in [0.29, 0.717) is 13.0 Å². The first kappa shape index (κ1) is 11.6. The summed E-state index contributed by atoms with van der Waals surface area (Å²) >= 11 is 0. The molecule has 1 aliphatic heterocycles. The Hall–Kier alpha value is -0.900. The summed E-state index contributed by atoms with van der Waals surface area (Å²) in [6.07, 6.45) is 5.85. The number of hydrogen-bond acceptors (Lipinski definition) is 3. The van der Waals surface area contributed by atoms with Crippen LogP contribution in [0.2, 0.25) is 0 Å². The molecular formula is C12H20N2O2. The van der Waals surface area contributed by atoms with E-state index < -0.39 is 5.54 Å². The largest absolute Gasteiger partial charge is 0.343 e. The molecule has 2 aliphatic rings. The molecule has 0 radical (unpaired) electrons. The Kier molecular flexibility index (Phi) is 3.28. The van der Waals surface area contributed by atoms with Gasteiger partial charge in [-0.25, -0.2) is 0 Å². The highest BCUT2D eigenvalue weighted by molar-refractivity contribution is 6.00. The zero-order valence-corrected chi connectivity index (χ0v) is 9.63. The van der Waals surface area contributed by atoms with E-state index in [1.165, 1.54) is 0 Å². The number of rotatable bonds is 4. The van der Waals surface area contributed by atoms with Gasteiger partial charge in [0.2, 0.25) is 5.91 Å². The van der Waals surface area contributed by atoms with Crippen molar-refractivity contribution >= 4 is 11.7 Å². The normalized spacial score (nSPS) is 27.7. The lowest BCUT2D eigenvalue weighted by Gasteiger charge is -2.45. The molecular weight excluding hydrogens is 204 g/mol. The molecule has 2 rings (SSSR count). The van der Waals surface area contributed by atoms with Crippen LogP contribution in [0.25, 0.3) is 0 Å². The maximum absolute atomic E-state index is 11.9. The van der Waals surface area contributed by atoms with Crippen LogP contribution in [-0.4, -0.2) is 23.8 Å². The fourth-order valence-electron chi connectivity index (χ4n) is 2.62. The van der Waals surface area contributed by atoms with Gasteiger partial charge in [0.25, 0.3) is 0 Å². The molecule has 0 unspecified atom stereocenters. The molecule has 1 saturated heterocycles. The summed E-state index contributed by atoms with van der Waals surface area (Å²) in [5, 5.41) is 2.94. The van der Waals surface area contributed by atoms with Gasteiger partial charge in [0, 0.05) is 12.3 Å². The molecule has 1 spiro atoms. The third-order valence-corrected chi connectivity index (χ3v) is 3.91. The average molecular weight is 224 g/mol. The Morgan fingerprint density at radius 2 is 2.06 bits per heavy atom. The van der Waals surface area contributed by atoms with Gasteiger partial charge in [-0.05, 0) is 38.6 Å². The van der Waals surface area contributed by atoms with Gasteiger partial charge in [-0.3, -0.25) is 9.59 Å². The molecule has 0 aromatic carbocycles. The van der Waals surface area contributed by atoms with Gasteiger partial charge in [-0.2, -0.15) is 0 Å². The first-order valence-electron chi connectivity index (χ1n) is 6.23. The second kappa shape index (κ2) is 4.53. The molecule has 0 bridgehead atoms. The summed E-state index contributed by atoms with van der Waals surface area (Å²) in [5.74, 6) is 0.220. The van der Waals surface area contributed by atoms with Crippen molar-refractivity contribution in [3.8, 4) is 0 Å². The van der Waals surface area contributed by atoms with Crippen LogP contribution in [0.15, 0.2) is 0 Å². The molecule has 16 heavy (non-hydrogen) atoms. The molecule has 1 heterocycles. The quantitative estimate of drug-likeness (QED) is 0.692. The van der Waals surface area contributed by atoms with E-state index in [-0.39, 0.29) is 17.6 Å². The molecule has 90 valence electrons. The Balaban J connectivity index is 1.89. The van der Waals surface area contributed by atoms with Crippen LogP contribution in [0.3, 0.4) is 0 Å². The van der Waals surface area contributed by atoms with E-state index in [0.717, 1.165) is 38.5 Å². The molecule has 4 heteroatoms. The number of amides is 1. The van der Waals surface area contributed by atoms with Crippen molar-refractivity contribution in [3.05, 3.63) is 0 Å². The fourth-order valence-corrected chi connectivity index (χ4v) is 2.62. The van der Waals surface area contributed by atoms with E-state index in [4.69, 9.17) is 5.73 Å². The lowest BCUT2D eigenvalue weighted by Crippen LogP contribution is -2.64. The molecule has 0 aromatic rings. The van der Waals surface area contributed by atoms with Crippen molar-refractivity contribution in [2.45, 2.75) is 50.5 Å². The van der Waals surface area contributed by atoms with Crippen molar-refractivity contribution in [1.82, 2.24) is 5.32 Å². The number of piperidine rings is 1. The van der Waals surface area contributed by atoms with Crippen LogP contribution in [0, 0.1) is 5.92 Å². The Morgan fingerprint density at radius 1 is 1.31 bits per heavy atom. The van der Waals surface area contributed by atoms with Gasteiger partial charge in [0.05, 0.1) is 5.54 Å². The molecule has 2 fully saturated rings. The first-order valence-corrected chi connectivity index (χ1v) is 6.23. The van der Waals surface area contributed by atoms with Crippen LogP contribution in [0.1, 0.15) is 44.9 Å². The molecule has 1 amide bonds. The number of nitrogens with one attached hydrogen (secondary N) is 1. The number of hydrogen-bond donors (Lipinski definition) is 2. The smallest absolute Gasteiger partial charge is 0.224 e. The highest BCUT2D eigenvalue weighted by Crippen LogP contribution is 2.38. The third kappa shape index (κ3) is 1.98. The van der Waals surface area contributed by atoms with Crippen LogP contribution >= 0.6 is 0 Å². The Bertz CT molecular complexity index is 297. The molecule has 1 aliphatic carbocycles. The topological polar surface area (TPSA) is 72.2 Å². The molecule has 1 saturated carbocycles. The van der Waals surface area contributed by atoms with Gasteiger partial charge in [-0.15, -0.1) is 0 Å². The fraction of sp³-hybridized carbons (Fsp3) is 0.833. The first-order chi connectivity index (χ1) is 7.68. The van der Waals surface area contributed by atoms with Gasteiger partial charge in [-0.1, -0.05) is 6.42 Å². The lowest BCUT2D eigenvalue weighted by molar-refractivity contribution is -0.145. The number of carbonyl (C=O) groups excluding carboxylic acids is 2. The number of unbranched alkanes of at least 4 members (excludes halogenated alkanes) is 1. The minimum Gasteiger partial charge on any atom is -0.343 e. The van der Waals surface area contributed by atoms with E-state index in [2.05, 4.69) is 5.32 Å². The van der Waals surface area contributed by atoms with Crippen LogP contribution in [0.5, 0.6) is 0 Å².